The molecular weight excluding hydrogens is 395 g/mol. The smallest absolute Gasteiger partial charge is 0.254 e. The topological polar surface area (TPSA) is 50.2 Å². The minimum atomic E-state index is -0.334. The Labute approximate surface area is 175 Å². The quantitative estimate of drug-likeness (QED) is 0.722. The molecule has 4 rings (SSSR count). The van der Waals surface area contributed by atoms with E-state index >= 15 is 0 Å². The molecule has 1 aromatic carbocycles. The molecule has 2 aromatic rings. The number of nitrogens with one attached hydrogen (secondary N) is 1. The Morgan fingerprint density at radius 2 is 1.79 bits per heavy atom. The molecule has 148 valence electrons. The first-order valence-electron chi connectivity index (χ1n) is 9.82. The number of amides is 1. The first-order chi connectivity index (χ1) is 13.6. The summed E-state index contributed by atoms with van der Waals surface area (Å²) in [6.07, 6.45) is 7.46. The van der Waals surface area contributed by atoms with Crippen molar-refractivity contribution in [2.75, 3.05) is 18.4 Å². The number of fused-ring (bicyclic) bond motifs is 1. The fourth-order valence-electron chi connectivity index (χ4n) is 4.09. The van der Waals surface area contributed by atoms with E-state index < -0.39 is 0 Å². The van der Waals surface area contributed by atoms with Gasteiger partial charge in [0.2, 0.25) is 0 Å². The maximum Gasteiger partial charge on any atom is 0.254 e. The molecule has 0 aliphatic carbocycles. The number of likely N-dealkylation sites (tertiary alicyclic amines) is 1. The first kappa shape index (κ1) is 19.3. The summed E-state index contributed by atoms with van der Waals surface area (Å²) in [6, 6.07) is 7.10. The Kier molecular flexibility index (Phi) is 5.65. The molecule has 0 bridgehead atoms. The molecule has 1 amide bonds. The lowest BCUT2D eigenvalue weighted by molar-refractivity contribution is -0.128. The van der Waals surface area contributed by atoms with E-state index in [0.29, 0.717) is 10.0 Å². The summed E-state index contributed by atoms with van der Waals surface area (Å²) in [7, 11) is 0. The van der Waals surface area contributed by atoms with Crippen molar-refractivity contribution < 1.29 is 4.79 Å². The molecule has 5 nitrogen and oxygen atoms in total. The normalized spacial score (nSPS) is 20.2. The van der Waals surface area contributed by atoms with Gasteiger partial charge in [0.15, 0.2) is 0 Å². The molecule has 0 saturated carbocycles. The fraction of sp³-hybridized carbons (Fsp3) is 0.429. The largest absolute Gasteiger partial charge is 0.344 e. The van der Waals surface area contributed by atoms with E-state index in [1.165, 1.54) is 19.3 Å². The summed E-state index contributed by atoms with van der Waals surface area (Å²) in [5, 5.41) is 8.79. The lowest BCUT2D eigenvalue weighted by Gasteiger charge is -2.33. The number of allylic oxidation sites excluding steroid dienone is 1. The van der Waals surface area contributed by atoms with Crippen LogP contribution in [0.5, 0.6) is 0 Å². The molecule has 1 unspecified atom stereocenters. The van der Waals surface area contributed by atoms with Crippen molar-refractivity contribution in [3.05, 3.63) is 57.3 Å². The molecule has 1 saturated heterocycles. The highest BCUT2D eigenvalue weighted by atomic mass is 35.5. The summed E-state index contributed by atoms with van der Waals surface area (Å²) in [5.41, 5.74) is 2.47. The molecule has 28 heavy (non-hydrogen) atoms. The van der Waals surface area contributed by atoms with Gasteiger partial charge in [0, 0.05) is 24.9 Å². The number of rotatable bonds is 2. The van der Waals surface area contributed by atoms with Gasteiger partial charge in [0.25, 0.3) is 5.91 Å². The highest BCUT2D eigenvalue weighted by molar-refractivity contribution is 6.42. The van der Waals surface area contributed by atoms with Crippen molar-refractivity contribution in [3.8, 4) is 0 Å². The molecule has 3 heterocycles. The van der Waals surface area contributed by atoms with E-state index in [1.807, 2.05) is 34.7 Å². The van der Waals surface area contributed by atoms with Crippen LogP contribution in [-0.2, 0) is 4.79 Å². The standard InChI is InChI=1S/C21H24Cl2N4O/c1-14-19(21(28)26-11-5-3-2-4-6-12-26)20(27-18(25-14)9-10-24-27)15-7-8-16(22)17(23)13-15/h7-10,13,20,25H,2-6,11-12H2,1H3. The molecule has 0 radical (unpaired) electrons. The number of aromatic nitrogens is 2. The fourth-order valence-corrected chi connectivity index (χ4v) is 4.40. The minimum absolute atomic E-state index is 0.0733. The lowest BCUT2D eigenvalue weighted by atomic mass is 9.94. The van der Waals surface area contributed by atoms with Gasteiger partial charge in [-0.15, -0.1) is 0 Å². The Bertz CT molecular complexity index is 913. The van der Waals surface area contributed by atoms with Gasteiger partial charge in [0.05, 0.1) is 21.8 Å². The van der Waals surface area contributed by atoms with Crippen LogP contribution >= 0.6 is 23.2 Å². The molecule has 0 spiro atoms. The summed E-state index contributed by atoms with van der Waals surface area (Å²) >= 11 is 12.4. The third kappa shape index (κ3) is 3.65. The van der Waals surface area contributed by atoms with Gasteiger partial charge in [-0.25, -0.2) is 4.68 Å². The average Bonchev–Trinajstić information content (AvgIpc) is 3.10. The Morgan fingerprint density at radius 3 is 2.50 bits per heavy atom. The van der Waals surface area contributed by atoms with Crippen molar-refractivity contribution in [1.29, 1.82) is 0 Å². The molecule has 1 atom stereocenters. The molecule has 1 fully saturated rings. The van der Waals surface area contributed by atoms with Crippen LogP contribution in [0, 0.1) is 0 Å². The summed E-state index contributed by atoms with van der Waals surface area (Å²) < 4.78 is 1.85. The average molecular weight is 419 g/mol. The zero-order chi connectivity index (χ0) is 19.7. The van der Waals surface area contributed by atoms with Crippen LogP contribution in [0.15, 0.2) is 41.7 Å². The van der Waals surface area contributed by atoms with Crippen LogP contribution in [0.4, 0.5) is 5.82 Å². The number of carbonyl (C=O) groups excluding carboxylic acids is 1. The third-order valence-electron chi connectivity index (χ3n) is 5.54. The van der Waals surface area contributed by atoms with E-state index in [1.54, 1.807) is 12.3 Å². The van der Waals surface area contributed by atoms with Crippen LogP contribution in [0.2, 0.25) is 10.0 Å². The summed E-state index contributed by atoms with van der Waals surface area (Å²) in [4.78, 5) is 15.6. The number of halogens is 2. The number of anilines is 1. The minimum Gasteiger partial charge on any atom is -0.344 e. The highest BCUT2D eigenvalue weighted by Gasteiger charge is 2.35. The number of nitrogens with zero attached hydrogens (tertiary/aromatic N) is 3. The van der Waals surface area contributed by atoms with Gasteiger partial charge < -0.3 is 10.2 Å². The molecule has 2 aliphatic heterocycles. The van der Waals surface area contributed by atoms with Crippen LogP contribution in [0.25, 0.3) is 0 Å². The number of hydrogen-bond donors (Lipinski definition) is 1. The third-order valence-corrected chi connectivity index (χ3v) is 6.28. The number of hydrogen-bond acceptors (Lipinski definition) is 3. The monoisotopic (exact) mass is 418 g/mol. The molecule has 1 aromatic heterocycles. The van der Waals surface area contributed by atoms with Crippen molar-refractivity contribution in [2.24, 2.45) is 0 Å². The lowest BCUT2D eigenvalue weighted by Crippen LogP contribution is -2.39. The molecule has 2 aliphatic rings. The highest BCUT2D eigenvalue weighted by Crippen LogP contribution is 2.38. The zero-order valence-electron chi connectivity index (χ0n) is 15.9. The van der Waals surface area contributed by atoms with Gasteiger partial charge in [-0.1, -0.05) is 48.5 Å². The predicted molar refractivity (Wildman–Crippen MR) is 113 cm³/mol. The molecular formula is C21H24Cl2N4O. The van der Waals surface area contributed by atoms with E-state index in [-0.39, 0.29) is 11.9 Å². The maximum atomic E-state index is 13.6. The summed E-state index contributed by atoms with van der Waals surface area (Å²) in [5.74, 6) is 0.932. The first-order valence-corrected chi connectivity index (χ1v) is 10.6. The van der Waals surface area contributed by atoms with Gasteiger partial charge in [0.1, 0.15) is 11.9 Å². The molecule has 7 heteroatoms. The van der Waals surface area contributed by atoms with E-state index in [0.717, 1.165) is 48.6 Å². The van der Waals surface area contributed by atoms with Crippen LogP contribution in [-0.4, -0.2) is 33.7 Å². The van der Waals surface area contributed by atoms with Crippen LogP contribution in [0.3, 0.4) is 0 Å². The van der Waals surface area contributed by atoms with Crippen molar-refractivity contribution >= 4 is 34.9 Å². The van der Waals surface area contributed by atoms with Crippen LogP contribution < -0.4 is 5.32 Å². The van der Waals surface area contributed by atoms with Crippen molar-refractivity contribution in [2.45, 2.75) is 45.1 Å². The molecule has 1 N–H and O–H groups in total. The predicted octanol–water partition coefficient (Wildman–Crippen LogP) is 5.27. The van der Waals surface area contributed by atoms with Crippen LogP contribution in [0.1, 0.15) is 50.6 Å². The number of carbonyl (C=O) groups is 1. The summed E-state index contributed by atoms with van der Waals surface area (Å²) in [6.45, 7) is 3.56. The Morgan fingerprint density at radius 1 is 1.07 bits per heavy atom. The second kappa shape index (κ2) is 8.18. The SMILES string of the molecule is CC1=C(C(=O)N2CCCCCCC2)C(c2ccc(Cl)c(Cl)c2)n2nccc2N1. The Balaban J connectivity index is 1.76. The number of benzene rings is 1. The van der Waals surface area contributed by atoms with Gasteiger partial charge in [-0.05, 0) is 37.5 Å². The Hall–Kier alpha value is -1.98. The maximum absolute atomic E-state index is 13.6. The van der Waals surface area contributed by atoms with Gasteiger partial charge >= 0.3 is 0 Å². The van der Waals surface area contributed by atoms with Gasteiger partial charge in [-0.3, -0.25) is 4.79 Å². The van der Waals surface area contributed by atoms with E-state index in [9.17, 15) is 4.79 Å². The second-order valence-corrected chi connectivity index (χ2v) is 8.28. The zero-order valence-corrected chi connectivity index (χ0v) is 17.4. The van der Waals surface area contributed by atoms with Crippen molar-refractivity contribution in [1.82, 2.24) is 14.7 Å². The van der Waals surface area contributed by atoms with Crippen molar-refractivity contribution in [3.63, 3.8) is 0 Å². The van der Waals surface area contributed by atoms with E-state index in [4.69, 9.17) is 23.2 Å². The second-order valence-electron chi connectivity index (χ2n) is 7.46. The van der Waals surface area contributed by atoms with E-state index in [2.05, 4.69) is 10.4 Å². The van der Waals surface area contributed by atoms with Gasteiger partial charge in [-0.2, -0.15) is 5.10 Å².